The Morgan fingerprint density at radius 3 is 2.53 bits per heavy atom. The van der Waals surface area contributed by atoms with Gasteiger partial charge in [-0.15, -0.1) is 0 Å². The van der Waals surface area contributed by atoms with Crippen molar-refractivity contribution < 1.29 is 9.53 Å². The molecular formula is C14H25NO2. The average Bonchev–Trinajstić information content (AvgIpc) is 2.27. The largest absolute Gasteiger partial charge is 0.462 e. The number of esters is 1. The quantitative estimate of drug-likeness (QED) is 0.767. The maximum absolute atomic E-state index is 11.9. The molecule has 0 heterocycles. The van der Waals surface area contributed by atoms with Crippen molar-refractivity contribution in [3.8, 4) is 0 Å². The average molecular weight is 239 g/mol. The highest BCUT2D eigenvalue weighted by Gasteiger charge is 2.39. The third-order valence-electron chi connectivity index (χ3n) is 4.68. The van der Waals surface area contributed by atoms with Crippen molar-refractivity contribution in [2.24, 2.45) is 17.1 Å². The number of rotatable bonds is 4. The molecule has 0 aromatic carbocycles. The molecule has 17 heavy (non-hydrogen) atoms. The zero-order chi connectivity index (χ0) is 12.3. The topological polar surface area (TPSA) is 52.3 Å². The van der Waals surface area contributed by atoms with Crippen LogP contribution in [-0.2, 0) is 9.53 Å². The highest BCUT2D eigenvalue weighted by molar-refractivity contribution is 5.70. The zero-order valence-corrected chi connectivity index (χ0v) is 10.9. The monoisotopic (exact) mass is 239 g/mol. The predicted molar refractivity (Wildman–Crippen MR) is 67.5 cm³/mol. The SMILES string of the molecule is CC1CCCCC1OC(=O)CC1(CN)CCC1. The summed E-state index contributed by atoms with van der Waals surface area (Å²) in [7, 11) is 0. The maximum Gasteiger partial charge on any atom is 0.306 e. The Labute approximate surface area is 104 Å². The van der Waals surface area contributed by atoms with Crippen LogP contribution < -0.4 is 5.73 Å². The van der Waals surface area contributed by atoms with Gasteiger partial charge in [0.25, 0.3) is 0 Å². The van der Waals surface area contributed by atoms with Gasteiger partial charge in [0.05, 0.1) is 6.42 Å². The van der Waals surface area contributed by atoms with Gasteiger partial charge in [0.2, 0.25) is 0 Å². The first kappa shape index (κ1) is 12.9. The first-order chi connectivity index (χ1) is 8.15. The lowest BCUT2D eigenvalue weighted by molar-refractivity contribution is -0.157. The van der Waals surface area contributed by atoms with E-state index in [2.05, 4.69) is 6.92 Å². The fraction of sp³-hybridized carbons (Fsp3) is 0.929. The number of hydrogen-bond acceptors (Lipinski definition) is 3. The molecule has 0 spiro atoms. The van der Waals surface area contributed by atoms with Gasteiger partial charge in [-0.25, -0.2) is 0 Å². The molecule has 2 saturated carbocycles. The lowest BCUT2D eigenvalue weighted by Gasteiger charge is -2.40. The van der Waals surface area contributed by atoms with Crippen LogP contribution in [0.3, 0.4) is 0 Å². The highest BCUT2D eigenvalue weighted by Crippen LogP contribution is 2.43. The van der Waals surface area contributed by atoms with Gasteiger partial charge >= 0.3 is 5.97 Å². The van der Waals surface area contributed by atoms with Gasteiger partial charge in [0, 0.05) is 0 Å². The van der Waals surface area contributed by atoms with Crippen molar-refractivity contribution in [1.29, 1.82) is 0 Å². The highest BCUT2D eigenvalue weighted by atomic mass is 16.5. The summed E-state index contributed by atoms with van der Waals surface area (Å²) in [6, 6.07) is 0. The van der Waals surface area contributed by atoms with Crippen molar-refractivity contribution in [2.45, 2.75) is 64.4 Å². The van der Waals surface area contributed by atoms with E-state index in [-0.39, 0.29) is 17.5 Å². The minimum Gasteiger partial charge on any atom is -0.462 e. The van der Waals surface area contributed by atoms with Crippen molar-refractivity contribution in [3.63, 3.8) is 0 Å². The molecule has 2 rings (SSSR count). The van der Waals surface area contributed by atoms with Crippen LogP contribution in [0.5, 0.6) is 0 Å². The Kier molecular flexibility index (Phi) is 4.08. The van der Waals surface area contributed by atoms with E-state index in [9.17, 15) is 4.79 Å². The summed E-state index contributed by atoms with van der Waals surface area (Å²) in [6.07, 6.45) is 8.81. The standard InChI is InChI=1S/C14H25NO2/c1-11-5-2-3-6-12(11)17-13(16)9-14(10-15)7-4-8-14/h11-12H,2-10,15H2,1H3. The zero-order valence-electron chi connectivity index (χ0n) is 10.9. The molecule has 0 bridgehead atoms. The lowest BCUT2D eigenvalue weighted by Crippen LogP contribution is -2.40. The number of hydrogen-bond donors (Lipinski definition) is 1. The number of carbonyl (C=O) groups excluding carboxylic acids is 1. The van der Waals surface area contributed by atoms with E-state index in [1.165, 1.54) is 25.7 Å². The van der Waals surface area contributed by atoms with Crippen LogP contribution in [0, 0.1) is 11.3 Å². The van der Waals surface area contributed by atoms with Gasteiger partial charge in [-0.1, -0.05) is 19.8 Å². The molecule has 2 atom stereocenters. The second kappa shape index (κ2) is 5.38. The third-order valence-corrected chi connectivity index (χ3v) is 4.68. The van der Waals surface area contributed by atoms with E-state index >= 15 is 0 Å². The van der Waals surface area contributed by atoms with E-state index in [0.29, 0.717) is 18.9 Å². The Balaban J connectivity index is 1.80. The summed E-state index contributed by atoms with van der Waals surface area (Å²) >= 11 is 0. The molecule has 2 unspecified atom stereocenters. The summed E-state index contributed by atoms with van der Waals surface area (Å²) in [5.41, 5.74) is 5.85. The van der Waals surface area contributed by atoms with E-state index in [1.807, 2.05) is 0 Å². The van der Waals surface area contributed by atoms with Gasteiger partial charge < -0.3 is 10.5 Å². The Bertz CT molecular complexity index is 268. The van der Waals surface area contributed by atoms with Crippen molar-refractivity contribution in [2.75, 3.05) is 6.54 Å². The maximum atomic E-state index is 11.9. The molecule has 2 aliphatic carbocycles. The van der Waals surface area contributed by atoms with Crippen LogP contribution in [0.25, 0.3) is 0 Å². The molecule has 0 saturated heterocycles. The van der Waals surface area contributed by atoms with Crippen LogP contribution in [0.4, 0.5) is 0 Å². The minimum absolute atomic E-state index is 0.0195. The fourth-order valence-corrected chi connectivity index (χ4v) is 3.10. The molecule has 3 nitrogen and oxygen atoms in total. The van der Waals surface area contributed by atoms with Gasteiger partial charge in [0.1, 0.15) is 6.10 Å². The summed E-state index contributed by atoms with van der Waals surface area (Å²) in [4.78, 5) is 11.9. The lowest BCUT2D eigenvalue weighted by atomic mass is 9.67. The molecular weight excluding hydrogens is 214 g/mol. The molecule has 3 heteroatoms. The molecule has 2 aliphatic rings. The van der Waals surface area contributed by atoms with Crippen LogP contribution >= 0.6 is 0 Å². The van der Waals surface area contributed by atoms with E-state index in [4.69, 9.17) is 10.5 Å². The second-order valence-corrected chi connectivity index (χ2v) is 6.02. The van der Waals surface area contributed by atoms with Gasteiger partial charge in [-0.3, -0.25) is 4.79 Å². The van der Waals surface area contributed by atoms with E-state index in [1.54, 1.807) is 0 Å². The summed E-state index contributed by atoms with van der Waals surface area (Å²) < 4.78 is 5.64. The summed E-state index contributed by atoms with van der Waals surface area (Å²) in [6.45, 7) is 2.82. The van der Waals surface area contributed by atoms with Crippen molar-refractivity contribution in [1.82, 2.24) is 0 Å². The number of carbonyl (C=O) groups is 1. The molecule has 0 amide bonds. The van der Waals surface area contributed by atoms with Crippen LogP contribution in [0.15, 0.2) is 0 Å². The molecule has 2 fully saturated rings. The summed E-state index contributed by atoms with van der Waals surface area (Å²) in [5, 5.41) is 0. The molecule has 0 aromatic rings. The molecule has 0 aromatic heterocycles. The first-order valence-corrected chi connectivity index (χ1v) is 7.05. The minimum atomic E-state index is -0.0195. The van der Waals surface area contributed by atoms with Gasteiger partial charge in [-0.05, 0) is 50.0 Å². The van der Waals surface area contributed by atoms with E-state index < -0.39 is 0 Å². The number of nitrogens with two attached hydrogens (primary N) is 1. The first-order valence-electron chi connectivity index (χ1n) is 7.05. The second-order valence-electron chi connectivity index (χ2n) is 6.02. The smallest absolute Gasteiger partial charge is 0.306 e. The Hall–Kier alpha value is -0.570. The molecule has 98 valence electrons. The van der Waals surface area contributed by atoms with E-state index in [0.717, 1.165) is 19.3 Å². The van der Waals surface area contributed by atoms with Gasteiger partial charge in [-0.2, -0.15) is 0 Å². The third kappa shape index (κ3) is 3.01. The summed E-state index contributed by atoms with van der Waals surface area (Å²) in [5.74, 6) is 0.511. The fourth-order valence-electron chi connectivity index (χ4n) is 3.10. The normalized spacial score (nSPS) is 31.6. The van der Waals surface area contributed by atoms with Crippen molar-refractivity contribution >= 4 is 5.97 Å². The van der Waals surface area contributed by atoms with Crippen LogP contribution in [-0.4, -0.2) is 18.6 Å². The molecule has 0 radical (unpaired) electrons. The van der Waals surface area contributed by atoms with Crippen LogP contribution in [0.2, 0.25) is 0 Å². The predicted octanol–water partition coefficient (Wildman–Crippen LogP) is 2.63. The van der Waals surface area contributed by atoms with Crippen LogP contribution in [0.1, 0.15) is 58.3 Å². The number of ether oxygens (including phenoxy) is 1. The van der Waals surface area contributed by atoms with Crippen molar-refractivity contribution in [3.05, 3.63) is 0 Å². The Morgan fingerprint density at radius 2 is 2.00 bits per heavy atom. The molecule has 0 aliphatic heterocycles. The molecule has 2 N–H and O–H groups in total. The van der Waals surface area contributed by atoms with Gasteiger partial charge in [0.15, 0.2) is 0 Å². The Morgan fingerprint density at radius 1 is 1.29 bits per heavy atom.